The number of amides is 1. The number of nitrogens with one attached hydrogen (secondary N) is 1. The molecule has 0 unspecified atom stereocenters. The standard InChI is InChI=1S/C18H18ClNO4S/c1-11(12-3-6-15(7-4-12)25(2,22)23)20-18(21)17-10-13-9-14(19)5-8-16(13)24-17/h3-9,11,17H,10H2,1-2H3,(H,20,21)/t11-,17-/m0/s1. The number of sulfone groups is 1. The van der Waals surface area contributed by atoms with Crippen LogP contribution in [0.4, 0.5) is 0 Å². The molecule has 0 aromatic heterocycles. The molecule has 1 heterocycles. The van der Waals surface area contributed by atoms with Crippen molar-refractivity contribution < 1.29 is 17.9 Å². The van der Waals surface area contributed by atoms with Crippen LogP contribution in [-0.4, -0.2) is 26.7 Å². The first-order valence-electron chi connectivity index (χ1n) is 7.79. The second-order valence-electron chi connectivity index (χ2n) is 6.13. The minimum Gasteiger partial charge on any atom is -0.480 e. The number of carbonyl (C=O) groups excluding carboxylic acids is 1. The van der Waals surface area contributed by atoms with Crippen LogP contribution in [0.3, 0.4) is 0 Å². The van der Waals surface area contributed by atoms with E-state index in [2.05, 4.69) is 5.32 Å². The van der Waals surface area contributed by atoms with Crippen molar-refractivity contribution in [3.63, 3.8) is 0 Å². The zero-order chi connectivity index (χ0) is 18.2. The van der Waals surface area contributed by atoms with E-state index in [1.807, 2.05) is 6.92 Å². The number of ether oxygens (including phenoxy) is 1. The molecule has 1 N–H and O–H groups in total. The molecular weight excluding hydrogens is 362 g/mol. The topological polar surface area (TPSA) is 72.5 Å². The summed E-state index contributed by atoms with van der Waals surface area (Å²) in [7, 11) is -3.23. The number of rotatable bonds is 4. The van der Waals surface area contributed by atoms with E-state index < -0.39 is 15.9 Å². The van der Waals surface area contributed by atoms with Gasteiger partial charge in [0.2, 0.25) is 0 Å². The van der Waals surface area contributed by atoms with Crippen molar-refractivity contribution in [2.45, 2.75) is 30.4 Å². The summed E-state index contributed by atoms with van der Waals surface area (Å²) in [6.45, 7) is 1.84. The van der Waals surface area contributed by atoms with E-state index in [0.29, 0.717) is 17.2 Å². The molecule has 2 atom stereocenters. The minimum absolute atomic E-state index is 0.216. The average molecular weight is 380 g/mol. The number of hydrogen-bond acceptors (Lipinski definition) is 4. The molecule has 0 saturated heterocycles. The van der Waals surface area contributed by atoms with E-state index in [4.69, 9.17) is 16.3 Å². The molecule has 3 rings (SSSR count). The Morgan fingerprint density at radius 1 is 1.24 bits per heavy atom. The van der Waals surface area contributed by atoms with Crippen molar-refractivity contribution >= 4 is 27.3 Å². The molecule has 5 nitrogen and oxygen atoms in total. The molecule has 1 aliphatic heterocycles. The molecule has 0 bridgehead atoms. The third-order valence-electron chi connectivity index (χ3n) is 4.16. The fourth-order valence-electron chi connectivity index (χ4n) is 2.76. The molecule has 1 amide bonds. The van der Waals surface area contributed by atoms with Crippen LogP contribution in [0.25, 0.3) is 0 Å². The summed E-state index contributed by atoms with van der Waals surface area (Å²) in [6.07, 6.45) is 1.04. The van der Waals surface area contributed by atoms with Gasteiger partial charge in [-0.2, -0.15) is 0 Å². The van der Waals surface area contributed by atoms with Crippen LogP contribution in [0, 0.1) is 0 Å². The van der Waals surface area contributed by atoms with Crippen molar-refractivity contribution in [3.8, 4) is 5.75 Å². The van der Waals surface area contributed by atoms with E-state index in [-0.39, 0.29) is 16.8 Å². The van der Waals surface area contributed by atoms with Crippen molar-refractivity contribution in [2.24, 2.45) is 0 Å². The van der Waals surface area contributed by atoms with E-state index in [9.17, 15) is 13.2 Å². The van der Waals surface area contributed by atoms with Crippen LogP contribution >= 0.6 is 11.6 Å². The number of halogens is 1. The third kappa shape index (κ3) is 3.96. The Hall–Kier alpha value is -2.05. The molecule has 0 aliphatic carbocycles. The number of hydrogen-bond donors (Lipinski definition) is 1. The van der Waals surface area contributed by atoms with Crippen molar-refractivity contribution in [3.05, 3.63) is 58.6 Å². The van der Waals surface area contributed by atoms with Crippen LogP contribution in [0.2, 0.25) is 5.02 Å². The molecule has 132 valence electrons. The highest BCUT2D eigenvalue weighted by atomic mass is 35.5. The smallest absolute Gasteiger partial charge is 0.261 e. The Kier molecular flexibility index (Phi) is 4.75. The first-order valence-corrected chi connectivity index (χ1v) is 10.1. The van der Waals surface area contributed by atoms with Crippen LogP contribution in [0.15, 0.2) is 47.4 Å². The molecule has 0 spiro atoms. The summed E-state index contributed by atoms with van der Waals surface area (Å²) in [5.74, 6) is 0.460. The van der Waals surface area contributed by atoms with Crippen molar-refractivity contribution in [1.82, 2.24) is 5.32 Å². The summed E-state index contributed by atoms with van der Waals surface area (Å²) in [5, 5.41) is 3.51. The van der Waals surface area contributed by atoms with Crippen LogP contribution in [-0.2, 0) is 21.1 Å². The second-order valence-corrected chi connectivity index (χ2v) is 8.59. The van der Waals surface area contributed by atoms with Crippen LogP contribution < -0.4 is 10.1 Å². The summed E-state index contributed by atoms with van der Waals surface area (Å²) < 4.78 is 28.7. The van der Waals surface area contributed by atoms with Gasteiger partial charge in [0.15, 0.2) is 15.9 Å². The molecule has 2 aromatic rings. The van der Waals surface area contributed by atoms with E-state index in [1.54, 1.807) is 30.3 Å². The predicted octanol–water partition coefficient (Wildman–Crippen LogP) is 2.92. The van der Waals surface area contributed by atoms with Crippen LogP contribution in [0.1, 0.15) is 24.1 Å². The molecule has 0 radical (unpaired) electrons. The lowest BCUT2D eigenvalue weighted by Crippen LogP contribution is -2.38. The second kappa shape index (κ2) is 6.69. The summed E-state index contributed by atoms with van der Waals surface area (Å²) in [6, 6.07) is 11.5. The number of carbonyl (C=O) groups is 1. The van der Waals surface area contributed by atoms with Crippen molar-refractivity contribution in [1.29, 1.82) is 0 Å². The maximum atomic E-state index is 12.4. The SMILES string of the molecule is C[C@H](NC(=O)[C@@H]1Cc2cc(Cl)ccc2O1)c1ccc(S(C)(=O)=O)cc1. The van der Waals surface area contributed by atoms with Gasteiger partial charge < -0.3 is 10.1 Å². The third-order valence-corrected chi connectivity index (χ3v) is 5.52. The average Bonchev–Trinajstić information content (AvgIpc) is 2.97. The first kappa shape index (κ1) is 17.8. The number of fused-ring (bicyclic) bond motifs is 1. The Morgan fingerprint density at radius 2 is 1.92 bits per heavy atom. The largest absolute Gasteiger partial charge is 0.480 e. The fraction of sp³-hybridized carbons (Fsp3) is 0.278. The van der Waals surface area contributed by atoms with Gasteiger partial charge in [0.1, 0.15) is 5.75 Å². The van der Waals surface area contributed by atoms with Gasteiger partial charge in [-0.15, -0.1) is 0 Å². The van der Waals surface area contributed by atoms with E-state index in [0.717, 1.165) is 17.4 Å². The lowest BCUT2D eigenvalue weighted by atomic mass is 10.1. The van der Waals surface area contributed by atoms with Gasteiger partial charge in [-0.3, -0.25) is 4.79 Å². The molecule has 0 fully saturated rings. The monoisotopic (exact) mass is 379 g/mol. The van der Waals surface area contributed by atoms with E-state index in [1.165, 1.54) is 12.1 Å². The highest BCUT2D eigenvalue weighted by molar-refractivity contribution is 7.90. The molecule has 7 heteroatoms. The van der Waals surface area contributed by atoms with Crippen molar-refractivity contribution in [2.75, 3.05) is 6.26 Å². The Morgan fingerprint density at radius 3 is 2.56 bits per heavy atom. The zero-order valence-corrected chi connectivity index (χ0v) is 15.4. The summed E-state index contributed by atoms with van der Waals surface area (Å²) in [4.78, 5) is 12.7. The first-order chi connectivity index (χ1) is 11.7. The Balaban J connectivity index is 1.65. The highest BCUT2D eigenvalue weighted by Gasteiger charge is 2.30. The van der Waals surface area contributed by atoms with Gasteiger partial charge in [0.25, 0.3) is 5.91 Å². The van der Waals surface area contributed by atoms with Gasteiger partial charge in [0.05, 0.1) is 10.9 Å². The lowest BCUT2D eigenvalue weighted by molar-refractivity contribution is -0.127. The molecule has 1 aliphatic rings. The maximum Gasteiger partial charge on any atom is 0.261 e. The number of benzene rings is 2. The fourth-order valence-corrected chi connectivity index (χ4v) is 3.58. The van der Waals surface area contributed by atoms with Gasteiger partial charge in [-0.05, 0) is 48.4 Å². The molecule has 25 heavy (non-hydrogen) atoms. The normalized spacial score (nSPS) is 17.5. The quantitative estimate of drug-likeness (QED) is 0.886. The predicted molar refractivity (Wildman–Crippen MR) is 95.7 cm³/mol. The maximum absolute atomic E-state index is 12.4. The molecule has 0 saturated carbocycles. The van der Waals surface area contributed by atoms with Gasteiger partial charge in [0, 0.05) is 17.7 Å². The zero-order valence-electron chi connectivity index (χ0n) is 13.8. The molecule has 2 aromatic carbocycles. The van der Waals surface area contributed by atoms with Gasteiger partial charge in [-0.25, -0.2) is 8.42 Å². The summed E-state index contributed by atoms with van der Waals surface area (Å²) in [5.41, 5.74) is 1.73. The molecular formula is C18H18ClNO4S. The minimum atomic E-state index is -3.23. The Bertz CT molecular complexity index is 909. The van der Waals surface area contributed by atoms with Crippen LogP contribution in [0.5, 0.6) is 5.75 Å². The van der Waals surface area contributed by atoms with Gasteiger partial charge in [-0.1, -0.05) is 23.7 Å². The highest BCUT2D eigenvalue weighted by Crippen LogP contribution is 2.31. The van der Waals surface area contributed by atoms with E-state index >= 15 is 0 Å². The summed E-state index contributed by atoms with van der Waals surface area (Å²) >= 11 is 5.96. The lowest BCUT2D eigenvalue weighted by Gasteiger charge is -2.17. The Labute approximate surface area is 151 Å². The van der Waals surface area contributed by atoms with Gasteiger partial charge >= 0.3 is 0 Å².